The second-order valence-electron chi connectivity index (χ2n) is 19.5. The van der Waals surface area contributed by atoms with Crippen LogP contribution in [0.25, 0.3) is 18.2 Å². The highest BCUT2D eigenvalue weighted by Gasteiger charge is 2.33. The Kier molecular flexibility index (Phi) is 27.4. The average Bonchev–Trinajstić information content (AvgIpc) is 3.51. The minimum absolute atomic E-state index is 0.0194. The van der Waals surface area contributed by atoms with E-state index in [2.05, 4.69) is 10.6 Å². The Labute approximate surface area is 483 Å². The molecule has 0 bridgehead atoms. The van der Waals surface area contributed by atoms with Crippen molar-refractivity contribution in [2.45, 2.75) is 71.8 Å². The number of nitrogens with zero attached hydrogens (tertiary/aromatic N) is 3. The first-order valence-electron chi connectivity index (χ1n) is 27.3. The van der Waals surface area contributed by atoms with Crippen molar-refractivity contribution in [1.82, 2.24) is 23.5 Å². The zero-order chi connectivity index (χ0) is 58.7. The molecule has 0 radical (unpaired) electrons. The molecule has 18 nitrogen and oxygen atoms in total. The number of aliphatic carboxylic acids is 1. The normalized spacial score (nSPS) is 17.7. The van der Waals surface area contributed by atoms with Gasteiger partial charge in [-0.25, -0.2) is 25.3 Å². The highest BCUT2D eigenvalue weighted by atomic mass is 35.5. The molecule has 0 aliphatic carbocycles. The Morgan fingerprint density at radius 3 is 1.21 bits per heavy atom. The molecule has 0 atom stereocenters. The van der Waals surface area contributed by atoms with Gasteiger partial charge in [-0.1, -0.05) is 121 Å². The van der Waals surface area contributed by atoms with Gasteiger partial charge in [-0.15, -0.1) is 0 Å². The smallest absolute Gasteiger partial charge is 0.309 e. The minimum atomic E-state index is -3.49. The standard InChI is InChI=1S/C21H23ClN2O3S.C16H21NO4S.C14H17NO4S.C8H15NO2/c22-20-9-5-4-8-19(20)16-23-21(25)18-10-13-24(14-11-18)28(26,27)15-12-17-6-2-1-3-7-17;1-2-21-16(18)15-8-11-17(12-9-15)22(19,20)13-10-14-6-4-3-5-7-14;16-14(17)13-6-9-15(10-7-13)20(18,19)11-8-12-4-2-1-3-5-12;1-2-11-8(10)7-3-5-9-6-4-7/h1-9,12,15,18H,10-11,13-14,16H2,(H,23,25);3-7,10,13,15H,2,8-9,11-12H2,1H3;1-5,8,11,13H,6-7,9-10H2,(H,16,17);7,9H,2-6H2,1H3/b15-12+;13-10+;11-8+;. The van der Waals surface area contributed by atoms with Crippen LogP contribution in [0.2, 0.25) is 5.02 Å². The Bertz CT molecular complexity index is 3030. The molecule has 4 saturated heterocycles. The summed E-state index contributed by atoms with van der Waals surface area (Å²) in [7, 11) is -10.4. The SMILES string of the molecule is CCOC(=O)C1CCN(S(=O)(=O)/C=C/c2ccccc2)CC1.CCOC(=O)C1CCNCC1.O=C(NCc1ccccc1Cl)C1CCN(S(=O)(=O)/C=C/c2ccccc2)CC1.O=C(O)C1CCN(S(=O)(=O)/C=C/c2ccccc2)CC1. The van der Waals surface area contributed by atoms with Gasteiger partial charge in [0.05, 0.1) is 31.0 Å². The van der Waals surface area contributed by atoms with Gasteiger partial charge in [0.15, 0.2) is 0 Å². The van der Waals surface area contributed by atoms with Gasteiger partial charge in [-0.3, -0.25) is 19.2 Å². The van der Waals surface area contributed by atoms with Crippen molar-refractivity contribution in [3.63, 3.8) is 0 Å². The third kappa shape index (κ3) is 22.7. The number of benzene rings is 4. The van der Waals surface area contributed by atoms with Crippen LogP contribution < -0.4 is 10.6 Å². The number of amides is 1. The predicted octanol–water partition coefficient (Wildman–Crippen LogP) is 8.26. The number of ether oxygens (including phenoxy) is 2. The molecule has 4 aliphatic rings. The lowest BCUT2D eigenvalue weighted by molar-refractivity contribution is -0.150. The van der Waals surface area contributed by atoms with Crippen LogP contribution in [0.4, 0.5) is 0 Å². The van der Waals surface area contributed by atoms with Crippen LogP contribution in [0, 0.1) is 23.7 Å². The van der Waals surface area contributed by atoms with Crippen LogP contribution in [0.1, 0.15) is 87.5 Å². The van der Waals surface area contributed by atoms with Gasteiger partial charge < -0.3 is 25.2 Å². The van der Waals surface area contributed by atoms with Gasteiger partial charge in [0, 0.05) is 73.0 Å². The summed E-state index contributed by atoms with van der Waals surface area (Å²) in [6.07, 6.45) is 9.37. The summed E-state index contributed by atoms with van der Waals surface area (Å²) in [5, 5.41) is 19.3. The molecule has 8 rings (SSSR count). The van der Waals surface area contributed by atoms with Gasteiger partial charge in [0.1, 0.15) is 0 Å². The van der Waals surface area contributed by atoms with E-state index in [-0.39, 0.29) is 48.7 Å². The number of hydrogen-bond acceptors (Lipinski definition) is 13. The number of piperidine rings is 4. The first kappa shape index (κ1) is 65.8. The number of carbonyl (C=O) groups is 4. The molecule has 0 unspecified atom stereocenters. The van der Waals surface area contributed by atoms with E-state index in [0.29, 0.717) is 89.5 Å². The summed E-state index contributed by atoms with van der Waals surface area (Å²) >= 11 is 6.11. The van der Waals surface area contributed by atoms with Crippen molar-refractivity contribution in [2.75, 3.05) is 65.6 Å². The maximum Gasteiger partial charge on any atom is 0.309 e. The van der Waals surface area contributed by atoms with E-state index < -0.39 is 42.0 Å². The Balaban J connectivity index is 0.000000206. The molecule has 1 amide bonds. The third-order valence-corrected chi connectivity index (χ3v) is 18.9. The average molecular weight is 1190 g/mol. The fourth-order valence-corrected chi connectivity index (χ4v) is 12.9. The van der Waals surface area contributed by atoms with E-state index in [1.807, 2.05) is 116 Å². The lowest BCUT2D eigenvalue weighted by Gasteiger charge is -2.29. The number of sulfonamides is 3. The fraction of sp³-hybridized carbons (Fsp3) is 0.424. The molecular weight excluding hydrogens is 1120 g/mol. The fourth-order valence-electron chi connectivity index (χ4n) is 9.07. The van der Waals surface area contributed by atoms with E-state index in [1.165, 1.54) is 29.1 Å². The van der Waals surface area contributed by atoms with E-state index in [0.717, 1.165) is 48.2 Å². The molecule has 81 heavy (non-hydrogen) atoms. The third-order valence-electron chi connectivity index (χ3n) is 13.8. The summed E-state index contributed by atoms with van der Waals surface area (Å²) < 4.78 is 87.9. The molecule has 22 heteroatoms. The van der Waals surface area contributed by atoms with Crippen molar-refractivity contribution >= 4 is 83.7 Å². The lowest BCUT2D eigenvalue weighted by Crippen LogP contribution is -2.42. The van der Waals surface area contributed by atoms with Gasteiger partial charge >= 0.3 is 17.9 Å². The molecular formula is C59H76ClN5O13S3. The molecule has 4 fully saturated rings. The second kappa shape index (κ2) is 33.8. The van der Waals surface area contributed by atoms with E-state index in [1.54, 1.807) is 31.2 Å². The van der Waals surface area contributed by atoms with Crippen LogP contribution in [-0.2, 0) is 65.3 Å². The number of carboxylic acids is 1. The summed E-state index contributed by atoms with van der Waals surface area (Å²) in [6, 6.07) is 35.2. The zero-order valence-electron chi connectivity index (χ0n) is 46.0. The van der Waals surface area contributed by atoms with Crippen LogP contribution in [0.5, 0.6) is 0 Å². The van der Waals surface area contributed by atoms with Crippen LogP contribution in [0.15, 0.2) is 131 Å². The summed E-state index contributed by atoms with van der Waals surface area (Å²) in [5.41, 5.74) is 3.35. The van der Waals surface area contributed by atoms with Gasteiger partial charge in [-0.2, -0.15) is 12.9 Å². The van der Waals surface area contributed by atoms with Crippen molar-refractivity contribution in [3.05, 3.63) is 159 Å². The van der Waals surface area contributed by atoms with Crippen molar-refractivity contribution < 1.29 is 59.0 Å². The molecule has 0 saturated carbocycles. The Hall–Kier alpha value is -6.04. The summed E-state index contributed by atoms with van der Waals surface area (Å²) in [6.45, 7) is 8.65. The molecule has 4 aromatic carbocycles. The van der Waals surface area contributed by atoms with Crippen molar-refractivity contribution in [1.29, 1.82) is 0 Å². The molecule has 3 N–H and O–H groups in total. The molecule has 0 aromatic heterocycles. The second-order valence-corrected chi connectivity index (χ2v) is 25.3. The zero-order valence-corrected chi connectivity index (χ0v) is 49.2. The van der Waals surface area contributed by atoms with E-state index in [4.69, 9.17) is 26.2 Å². The topological polar surface area (TPSA) is 243 Å². The first-order valence-corrected chi connectivity index (χ1v) is 32.2. The van der Waals surface area contributed by atoms with E-state index >= 15 is 0 Å². The quantitative estimate of drug-likeness (QED) is 0.0843. The van der Waals surface area contributed by atoms with Gasteiger partial charge in [0.25, 0.3) is 0 Å². The summed E-state index contributed by atoms with van der Waals surface area (Å²) in [5.74, 6) is -1.81. The van der Waals surface area contributed by atoms with Crippen molar-refractivity contribution in [2.24, 2.45) is 23.7 Å². The number of nitrogens with one attached hydrogen (secondary N) is 2. The maximum absolute atomic E-state index is 12.5. The number of esters is 2. The predicted molar refractivity (Wildman–Crippen MR) is 316 cm³/mol. The highest BCUT2D eigenvalue weighted by molar-refractivity contribution is 7.92. The van der Waals surface area contributed by atoms with Gasteiger partial charge in [0.2, 0.25) is 36.0 Å². The largest absolute Gasteiger partial charge is 0.481 e. The highest BCUT2D eigenvalue weighted by Crippen LogP contribution is 2.25. The summed E-state index contributed by atoms with van der Waals surface area (Å²) in [4.78, 5) is 46.1. The van der Waals surface area contributed by atoms with Crippen LogP contribution in [0.3, 0.4) is 0 Å². The van der Waals surface area contributed by atoms with Crippen LogP contribution in [-0.4, -0.2) is 133 Å². The molecule has 4 aliphatic heterocycles. The number of hydrogen-bond donors (Lipinski definition) is 3. The Morgan fingerprint density at radius 2 is 0.852 bits per heavy atom. The number of carbonyl (C=O) groups excluding carboxylic acids is 3. The monoisotopic (exact) mass is 1190 g/mol. The molecule has 0 spiro atoms. The minimum Gasteiger partial charge on any atom is -0.481 e. The lowest BCUT2D eigenvalue weighted by atomic mass is 9.97. The number of rotatable bonds is 17. The number of carboxylic acid groups (broad SMARTS) is 1. The van der Waals surface area contributed by atoms with Crippen LogP contribution >= 0.6 is 11.6 Å². The molecule has 4 aromatic rings. The molecule has 440 valence electrons. The Morgan fingerprint density at radius 1 is 0.519 bits per heavy atom. The first-order chi connectivity index (χ1) is 38.8. The molecule has 4 heterocycles. The van der Waals surface area contributed by atoms with E-state index in [9.17, 15) is 44.4 Å². The number of halogens is 1. The maximum atomic E-state index is 12.5. The van der Waals surface area contributed by atoms with Crippen molar-refractivity contribution in [3.8, 4) is 0 Å². The van der Waals surface area contributed by atoms with Gasteiger partial charge in [-0.05, 0) is 125 Å².